The Morgan fingerprint density at radius 2 is 1.92 bits per heavy atom. The van der Waals surface area contributed by atoms with Crippen LogP contribution in [-0.4, -0.2) is 0 Å². The number of allylic oxidation sites excluding steroid dienone is 2. The van der Waals surface area contributed by atoms with E-state index in [4.69, 9.17) is 5.73 Å². The molecule has 0 aliphatic rings. The monoisotopic (exact) mass is 161 g/mol. The minimum atomic E-state index is 0.838. The highest BCUT2D eigenvalue weighted by Gasteiger charge is 1.89. The molecule has 1 heteroatoms. The molecule has 0 fully saturated rings. The fourth-order valence-electron chi connectivity index (χ4n) is 1.10. The molecule has 0 atom stereocenters. The predicted octanol–water partition coefficient (Wildman–Crippen LogP) is 2.78. The molecule has 0 aromatic heterocycles. The van der Waals surface area contributed by atoms with Crippen LogP contribution in [0.15, 0.2) is 36.4 Å². The van der Waals surface area contributed by atoms with Crippen LogP contribution in [0.3, 0.4) is 0 Å². The van der Waals surface area contributed by atoms with E-state index in [-0.39, 0.29) is 0 Å². The highest BCUT2D eigenvalue weighted by Crippen LogP contribution is 2.07. The number of rotatable bonds is 3. The van der Waals surface area contributed by atoms with Crippen molar-refractivity contribution >= 4 is 5.69 Å². The number of nitrogen functional groups attached to an aromatic ring is 1. The molecule has 0 amide bonds. The van der Waals surface area contributed by atoms with Gasteiger partial charge in [-0.15, -0.1) is 0 Å². The zero-order valence-corrected chi connectivity index (χ0v) is 7.46. The van der Waals surface area contributed by atoms with Crippen molar-refractivity contribution in [2.75, 3.05) is 5.73 Å². The number of aryl methyl sites for hydroxylation is 1. The second-order valence-corrected chi connectivity index (χ2v) is 2.85. The molecule has 0 heterocycles. The molecular formula is C11H15N. The first kappa shape index (κ1) is 8.85. The van der Waals surface area contributed by atoms with Crippen molar-refractivity contribution in [1.82, 2.24) is 0 Å². The summed E-state index contributed by atoms with van der Waals surface area (Å²) in [5.41, 5.74) is 7.75. The quantitative estimate of drug-likeness (QED) is 0.535. The normalized spacial score (nSPS) is 10.8. The van der Waals surface area contributed by atoms with Gasteiger partial charge < -0.3 is 5.73 Å². The maximum Gasteiger partial charge on any atom is 0.0314 e. The molecule has 0 radical (unpaired) electrons. The Labute approximate surface area is 73.9 Å². The SMILES string of the molecule is C/C=C/CCc1ccc(N)cc1. The topological polar surface area (TPSA) is 26.0 Å². The van der Waals surface area contributed by atoms with E-state index in [1.807, 2.05) is 19.1 Å². The van der Waals surface area contributed by atoms with Gasteiger partial charge in [0, 0.05) is 5.69 Å². The third kappa shape index (κ3) is 2.79. The van der Waals surface area contributed by atoms with Gasteiger partial charge in [-0.3, -0.25) is 0 Å². The van der Waals surface area contributed by atoms with Crippen LogP contribution in [0.25, 0.3) is 0 Å². The van der Waals surface area contributed by atoms with Gasteiger partial charge in [-0.05, 0) is 37.5 Å². The van der Waals surface area contributed by atoms with Crippen LogP contribution in [0.5, 0.6) is 0 Å². The first-order valence-corrected chi connectivity index (χ1v) is 4.28. The van der Waals surface area contributed by atoms with Crippen LogP contribution in [0, 0.1) is 0 Å². The van der Waals surface area contributed by atoms with Gasteiger partial charge in [-0.25, -0.2) is 0 Å². The lowest BCUT2D eigenvalue weighted by atomic mass is 10.1. The molecule has 1 rings (SSSR count). The Morgan fingerprint density at radius 1 is 1.25 bits per heavy atom. The van der Waals surface area contributed by atoms with E-state index in [9.17, 15) is 0 Å². The van der Waals surface area contributed by atoms with Gasteiger partial charge in [0.15, 0.2) is 0 Å². The summed E-state index contributed by atoms with van der Waals surface area (Å²) in [6.45, 7) is 2.04. The van der Waals surface area contributed by atoms with Crippen LogP contribution in [0.1, 0.15) is 18.9 Å². The van der Waals surface area contributed by atoms with Crippen molar-refractivity contribution in [1.29, 1.82) is 0 Å². The van der Waals surface area contributed by atoms with Gasteiger partial charge in [-0.1, -0.05) is 24.3 Å². The van der Waals surface area contributed by atoms with Gasteiger partial charge in [0.1, 0.15) is 0 Å². The van der Waals surface area contributed by atoms with Gasteiger partial charge in [-0.2, -0.15) is 0 Å². The van der Waals surface area contributed by atoms with E-state index < -0.39 is 0 Å². The van der Waals surface area contributed by atoms with Crippen LogP contribution in [0.4, 0.5) is 5.69 Å². The van der Waals surface area contributed by atoms with E-state index in [1.54, 1.807) is 0 Å². The molecule has 0 bridgehead atoms. The maximum absolute atomic E-state index is 5.57. The summed E-state index contributed by atoms with van der Waals surface area (Å²) in [5, 5.41) is 0. The van der Waals surface area contributed by atoms with Gasteiger partial charge in [0.2, 0.25) is 0 Å². The van der Waals surface area contributed by atoms with Crippen LogP contribution in [-0.2, 0) is 6.42 Å². The number of hydrogen-bond acceptors (Lipinski definition) is 1. The van der Waals surface area contributed by atoms with Crippen LogP contribution < -0.4 is 5.73 Å². The van der Waals surface area contributed by atoms with Crippen molar-refractivity contribution in [3.05, 3.63) is 42.0 Å². The van der Waals surface area contributed by atoms with Crippen LogP contribution in [0.2, 0.25) is 0 Å². The Balaban J connectivity index is 2.47. The molecular weight excluding hydrogens is 146 g/mol. The largest absolute Gasteiger partial charge is 0.399 e. The molecule has 0 spiro atoms. The molecule has 1 aromatic carbocycles. The highest BCUT2D eigenvalue weighted by molar-refractivity contribution is 5.39. The number of anilines is 1. The molecule has 0 unspecified atom stereocenters. The van der Waals surface area contributed by atoms with E-state index in [0.29, 0.717) is 0 Å². The predicted molar refractivity (Wildman–Crippen MR) is 54.0 cm³/mol. The van der Waals surface area contributed by atoms with Crippen molar-refractivity contribution in [2.24, 2.45) is 0 Å². The Hall–Kier alpha value is -1.24. The Kier molecular flexibility index (Phi) is 3.39. The van der Waals surface area contributed by atoms with E-state index in [2.05, 4.69) is 24.3 Å². The number of hydrogen-bond donors (Lipinski definition) is 1. The Bertz CT molecular complexity index is 246. The molecule has 0 aliphatic heterocycles. The van der Waals surface area contributed by atoms with E-state index >= 15 is 0 Å². The number of nitrogens with two attached hydrogens (primary N) is 1. The summed E-state index contributed by atoms with van der Waals surface area (Å²) in [5.74, 6) is 0. The summed E-state index contributed by atoms with van der Waals surface area (Å²) in [6.07, 6.45) is 6.47. The molecule has 1 aromatic rings. The molecule has 0 aliphatic carbocycles. The van der Waals surface area contributed by atoms with Crippen molar-refractivity contribution in [3.8, 4) is 0 Å². The summed E-state index contributed by atoms with van der Waals surface area (Å²) in [7, 11) is 0. The molecule has 64 valence electrons. The molecule has 2 N–H and O–H groups in total. The fraction of sp³-hybridized carbons (Fsp3) is 0.273. The lowest BCUT2D eigenvalue weighted by Crippen LogP contribution is -1.86. The third-order valence-corrected chi connectivity index (χ3v) is 1.82. The van der Waals surface area contributed by atoms with E-state index in [0.717, 1.165) is 18.5 Å². The number of benzene rings is 1. The maximum atomic E-state index is 5.57. The molecule has 0 saturated carbocycles. The standard InChI is InChI=1S/C11H15N/c1-2-3-4-5-10-6-8-11(12)9-7-10/h2-3,6-9H,4-5,12H2,1H3/b3-2+. The average Bonchev–Trinajstić information content (AvgIpc) is 2.09. The first-order chi connectivity index (χ1) is 5.83. The molecule has 1 nitrogen and oxygen atoms in total. The minimum absolute atomic E-state index is 0.838. The molecule has 0 saturated heterocycles. The van der Waals surface area contributed by atoms with E-state index in [1.165, 1.54) is 5.56 Å². The smallest absolute Gasteiger partial charge is 0.0314 e. The van der Waals surface area contributed by atoms with Gasteiger partial charge >= 0.3 is 0 Å². The van der Waals surface area contributed by atoms with Crippen LogP contribution >= 0.6 is 0 Å². The highest BCUT2D eigenvalue weighted by atomic mass is 14.5. The zero-order chi connectivity index (χ0) is 8.81. The molecule has 12 heavy (non-hydrogen) atoms. The summed E-state index contributed by atoms with van der Waals surface area (Å²) >= 11 is 0. The fourth-order valence-corrected chi connectivity index (χ4v) is 1.10. The summed E-state index contributed by atoms with van der Waals surface area (Å²) in [4.78, 5) is 0. The van der Waals surface area contributed by atoms with Gasteiger partial charge in [0.05, 0.1) is 0 Å². The first-order valence-electron chi connectivity index (χ1n) is 4.28. The minimum Gasteiger partial charge on any atom is -0.399 e. The summed E-state index contributed by atoms with van der Waals surface area (Å²) in [6, 6.07) is 8.06. The summed E-state index contributed by atoms with van der Waals surface area (Å²) < 4.78 is 0. The zero-order valence-electron chi connectivity index (χ0n) is 7.46. The van der Waals surface area contributed by atoms with Crippen molar-refractivity contribution in [2.45, 2.75) is 19.8 Å². The second-order valence-electron chi connectivity index (χ2n) is 2.85. The Morgan fingerprint density at radius 3 is 2.50 bits per heavy atom. The average molecular weight is 161 g/mol. The van der Waals surface area contributed by atoms with Crippen molar-refractivity contribution in [3.63, 3.8) is 0 Å². The van der Waals surface area contributed by atoms with Gasteiger partial charge in [0.25, 0.3) is 0 Å². The lowest BCUT2D eigenvalue weighted by Gasteiger charge is -1.98. The second kappa shape index (κ2) is 4.60. The third-order valence-electron chi connectivity index (χ3n) is 1.82. The lowest BCUT2D eigenvalue weighted by molar-refractivity contribution is 1.000. The van der Waals surface area contributed by atoms with Crippen molar-refractivity contribution < 1.29 is 0 Å².